The lowest BCUT2D eigenvalue weighted by atomic mass is 10.0. The topological polar surface area (TPSA) is 57.3 Å². The molecule has 0 atom stereocenters. The van der Waals surface area contributed by atoms with Gasteiger partial charge in [-0.3, -0.25) is 4.79 Å². The number of rotatable bonds is 20. The predicted octanol–water partition coefficient (Wildman–Crippen LogP) is 6.86. The molecule has 1 saturated heterocycles. The molecule has 34 heavy (non-hydrogen) atoms. The standard InChI is InChI=1S/C28H49BrN4O/c29-19-15-13-11-9-7-5-3-1-2-4-6-8-10-12-14-16-20-31-28(34)26-17-18-27(32-25-26)33-23-21-30-22-24-33/h17-18,25,30H,1-16,19-24H2,(H,31,34). The Bertz CT molecular complexity index is 619. The number of unbranched alkanes of at least 4 members (excludes halogenated alkanes) is 15. The van der Waals surface area contributed by atoms with E-state index in [2.05, 4.69) is 36.4 Å². The monoisotopic (exact) mass is 536 g/mol. The van der Waals surface area contributed by atoms with Crippen LogP contribution in [0.4, 0.5) is 5.82 Å². The Labute approximate surface area is 217 Å². The molecule has 194 valence electrons. The molecule has 6 heteroatoms. The Kier molecular flexibility index (Phi) is 17.2. The summed E-state index contributed by atoms with van der Waals surface area (Å²) < 4.78 is 0. The van der Waals surface area contributed by atoms with Gasteiger partial charge in [-0.05, 0) is 25.0 Å². The number of pyridine rings is 1. The van der Waals surface area contributed by atoms with Gasteiger partial charge < -0.3 is 15.5 Å². The first-order valence-corrected chi connectivity index (χ1v) is 15.2. The second-order valence-electron chi connectivity index (χ2n) is 9.74. The fraction of sp³-hybridized carbons (Fsp3) is 0.786. The molecule has 1 aliphatic rings. The number of amides is 1. The summed E-state index contributed by atoms with van der Waals surface area (Å²) >= 11 is 3.50. The van der Waals surface area contributed by atoms with Crippen LogP contribution in [-0.2, 0) is 0 Å². The number of carbonyl (C=O) groups excluding carboxylic acids is 1. The third kappa shape index (κ3) is 13.7. The van der Waals surface area contributed by atoms with Crippen LogP contribution in [0.5, 0.6) is 0 Å². The highest BCUT2D eigenvalue weighted by Gasteiger charge is 2.12. The van der Waals surface area contributed by atoms with Crippen LogP contribution >= 0.6 is 15.9 Å². The van der Waals surface area contributed by atoms with Crippen molar-refractivity contribution in [2.75, 3.05) is 43.0 Å². The van der Waals surface area contributed by atoms with E-state index in [1.54, 1.807) is 6.20 Å². The van der Waals surface area contributed by atoms with Crippen LogP contribution in [0.2, 0.25) is 0 Å². The minimum absolute atomic E-state index is 0.00554. The molecular weight excluding hydrogens is 488 g/mol. The minimum atomic E-state index is -0.00554. The molecule has 0 aromatic carbocycles. The first-order valence-electron chi connectivity index (χ1n) is 14.1. The second kappa shape index (κ2) is 20.1. The predicted molar refractivity (Wildman–Crippen MR) is 149 cm³/mol. The van der Waals surface area contributed by atoms with E-state index in [4.69, 9.17) is 0 Å². The first kappa shape index (κ1) is 29.1. The van der Waals surface area contributed by atoms with Gasteiger partial charge in [0.15, 0.2) is 0 Å². The summed E-state index contributed by atoms with van der Waals surface area (Å²) in [6.07, 6.45) is 23.5. The second-order valence-corrected chi connectivity index (χ2v) is 10.5. The Hall–Kier alpha value is -1.14. The van der Waals surface area contributed by atoms with Gasteiger partial charge in [0.25, 0.3) is 5.91 Å². The van der Waals surface area contributed by atoms with Gasteiger partial charge in [-0.2, -0.15) is 0 Å². The van der Waals surface area contributed by atoms with Crippen LogP contribution in [0.3, 0.4) is 0 Å². The normalized spacial score (nSPS) is 13.9. The molecule has 0 radical (unpaired) electrons. The van der Waals surface area contributed by atoms with E-state index in [0.717, 1.165) is 50.3 Å². The van der Waals surface area contributed by atoms with Crippen molar-refractivity contribution in [1.29, 1.82) is 0 Å². The summed E-state index contributed by atoms with van der Waals surface area (Å²) in [4.78, 5) is 19.1. The molecule has 2 rings (SSSR count). The zero-order valence-corrected chi connectivity index (χ0v) is 23.1. The van der Waals surface area contributed by atoms with Crippen LogP contribution in [0, 0.1) is 0 Å². The summed E-state index contributed by atoms with van der Waals surface area (Å²) in [7, 11) is 0. The van der Waals surface area contributed by atoms with Crippen molar-refractivity contribution in [1.82, 2.24) is 15.6 Å². The van der Waals surface area contributed by atoms with Gasteiger partial charge in [-0.15, -0.1) is 0 Å². The van der Waals surface area contributed by atoms with Gasteiger partial charge in [0, 0.05) is 44.3 Å². The van der Waals surface area contributed by atoms with Crippen LogP contribution in [-0.4, -0.2) is 48.9 Å². The molecule has 1 amide bonds. The lowest BCUT2D eigenvalue weighted by molar-refractivity contribution is 0.0952. The van der Waals surface area contributed by atoms with E-state index in [1.165, 1.54) is 96.3 Å². The zero-order valence-electron chi connectivity index (χ0n) is 21.5. The molecule has 1 aliphatic heterocycles. The van der Waals surface area contributed by atoms with Crippen LogP contribution in [0.1, 0.15) is 113 Å². The molecule has 2 heterocycles. The molecule has 1 fully saturated rings. The Morgan fingerprint density at radius 3 is 1.76 bits per heavy atom. The maximum absolute atomic E-state index is 12.3. The van der Waals surface area contributed by atoms with Gasteiger partial charge in [0.2, 0.25) is 0 Å². The summed E-state index contributed by atoms with van der Waals surface area (Å²) in [6, 6.07) is 3.86. The molecule has 1 aromatic heterocycles. The fourth-order valence-corrected chi connectivity index (χ4v) is 5.00. The van der Waals surface area contributed by atoms with E-state index in [-0.39, 0.29) is 5.91 Å². The van der Waals surface area contributed by atoms with E-state index < -0.39 is 0 Å². The van der Waals surface area contributed by atoms with Gasteiger partial charge >= 0.3 is 0 Å². The number of alkyl halides is 1. The van der Waals surface area contributed by atoms with Gasteiger partial charge in [-0.25, -0.2) is 4.98 Å². The van der Waals surface area contributed by atoms with Gasteiger partial charge in [0.05, 0.1) is 5.56 Å². The molecule has 5 nitrogen and oxygen atoms in total. The number of nitrogens with zero attached hydrogens (tertiary/aromatic N) is 2. The minimum Gasteiger partial charge on any atom is -0.354 e. The smallest absolute Gasteiger partial charge is 0.252 e. The van der Waals surface area contributed by atoms with Crippen molar-refractivity contribution >= 4 is 27.7 Å². The van der Waals surface area contributed by atoms with E-state index in [0.29, 0.717) is 5.56 Å². The lowest BCUT2D eigenvalue weighted by Crippen LogP contribution is -2.43. The molecule has 2 N–H and O–H groups in total. The highest BCUT2D eigenvalue weighted by atomic mass is 79.9. The maximum atomic E-state index is 12.3. The number of carbonyl (C=O) groups is 1. The van der Waals surface area contributed by atoms with Gasteiger partial charge in [-0.1, -0.05) is 106 Å². The van der Waals surface area contributed by atoms with Crippen LogP contribution in [0.25, 0.3) is 0 Å². The third-order valence-electron chi connectivity index (χ3n) is 6.80. The lowest BCUT2D eigenvalue weighted by Gasteiger charge is -2.28. The summed E-state index contributed by atoms with van der Waals surface area (Å²) in [6.45, 7) is 4.67. The number of anilines is 1. The number of aromatic nitrogens is 1. The fourth-order valence-electron chi connectivity index (χ4n) is 4.60. The first-order chi connectivity index (χ1) is 16.8. The highest BCUT2D eigenvalue weighted by molar-refractivity contribution is 9.09. The summed E-state index contributed by atoms with van der Waals surface area (Å²) in [5.74, 6) is 0.957. The molecular formula is C28H49BrN4O. The molecule has 0 bridgehead atoms. The van der Waals surface area contributed by atoms with Crippen molar-refractivity contribution in [2.24, 2.45) is 0 Å². The SMILES string of the molecule is O=C(NCCCCCCCCCCCCCCCCCCBr)c1ccc(N2CCNCC2)nc1. The Balaban J connectivity index is 1.34. The van der Waals surface area contributed by atoms with Crippen molar-refractivity contribution < 1.29 is 4.79 Å². The molecule has 0 unspecified atom stereocenters. The zero-order chi connectivity index (χ0) is 24.1. The van der Waals surface area contributed by atoms with Crippen LogP contribution < -0.4 is 15.5 Å². The van der Waals surface area contributed by atoms with E-state index >= 15 is 0 Å². The number of halogens is 1. The molecule has 0 saturated carbocycles. The number of piperazine rings is 1. The van der Waals surface area contributed by atoms with Crippen LogP contribution in [0.15, 0.2) is 18.3 Å². The summed E-state index contributed by atoms with van der Waals surface area (Å²) in [5, 5.41) is 7.55. The van der Waals surface area contributed by atoms with Crippen molar-refractivity contribution in [3.8, 4) is 0 Å². The average Bonchev–Trinajstić information content (AvgIpc) is 2.88. The highest BCUT2D eigenvalue weighted by Crippen LogP contribution is 2.14. The van der Waals surface area contributed by atoms with Gasteiger partial charge in [0.1, 0.15) is 5.82 Å². The number of hydrogen-bond donors (Lipinski definition) is 2. The van der Waals surface area contributed by atoms with Crippen molar-refractivity contribution in [3.63, 3.8) is 0 Å². The van der Waals surface area contributed by atoms with E-state index in [1.807, 2.05) is 12.1 Å². The average molecular weight is 538 g/mol. The molecule has 1 aromatic rings. The van der Waals surface area contributed by atoms with Crippen molar-refractivity contribution in [2.45, 2.75) is 103 Å². The third-order valence-corrected chi connectivity index (χ3v) is 7.36. The number of hydrogen-bond acceptors (Lipinski definition) is 4. The molecule has 0 aliphatic carbocycles. The van der Waals surface area contributed by atoms with E-state index in [9.17, 15) is 4.79 Å². The maximum Gasteiger partial charge on any atom is 0.252 e. The van der Waals surface area contributed by atoms with Crippen molar-refractivity contribution in [3.05, 3.63) is 23.9 Å². The Morgan fingerprint density at radius 1 is 0.794 bits per heavy atom. The number of nitrogens with one attached hydrogen (secondary N) is 2. The summed E-state index contributed by atoms with van der Waals surface area (Å²) in [5.41, 5.74) is 0.657. The quantitative estimate of drug-likeness (QED) is 0.141. The largest absolute Gasteiger partial charge is 0.354 e. The Morgan fingerprint density at radius 2 is 1.29 bits per heavy atom. The molecule has 0 spiro atoms.